The molecule has 138 valence electrons. The van der Waals surface area contributed by atoms with Gasteiger partial charge in [-0.2, -0.15) is 0 Å². The normalized spacial score (nSPS) is 24.2. The van der Waals surface area contributed by atoms with Crippen LogP contribution in [0.25, 0.3) is 0 Å². The van der Waals surface area contributed by atoms with Crippen molar-refractivity contribution < 1.29 is 9.53 Å². The molecule has 25 heavy (non-hydrogen) atoms. The van der Waals surface area contributed by atoms with E-state index in [0.29, 0.717) is 5.92 Å². The van der Waals surface area contributed by atoms with Crippen LogP contribution in [0, 0.1) is 18.8 Å². The van der Waals surface area contributed by atoms with Gasteiger partial charge in [0.1, 0.15) is 0 Å². The molecule has 0 aromatic heterocycles. The third-order valence-electron chi connectivity index (χ3n) is 5.34. The summed E-state index contributed by atoms with van der Waals surface area (Å²) in [5.41, 5.74) is 2.03. The average Bonchev–Trinajstić information content (AvgIpc) is 3.14. The molecule has 1 aromatic rings. The van der Waals surface area contributed by atoms with Crippen molar-refractivity contribution in [2.75, 3.05) is 44.7 Å². The lowest BCUT2D eigenvalue weighted by atomic mass is 9.97. The molecule has 0 spiro atoms. The van der Waals surface area contributed by atoms with E-state index in [1.165, 1.54) is 44.3 Å². The summed E-state index contributed by atoms with van der Waals surface area (Å²) in [5.74, 6) is 1.30. The number of piperidine rings is 1. The van der Waals surface area contributed by atoms with Crippen LogP contribution in [0.4, 0.5) is 10.5 Å². The summed E-state index contributed by atoms with van der Waals surface area (Å²) in [6.45, 7) is 8.13. The van der Waals surface area contributed by atoms with E-state index in [1.807, 2.05) is 31.2 Å². The van der Waals surface area contributed by atoms with Crippen molar-refractivity contribution in [1.82, 2.24) is 10.2 Å². The maximum Gasteiger partial charge on any atom is 0.319 e. The summed E-state index contributed by atoms with van der Waals surface area (Å²) in [4.78, 5) is 14.6. The number of carbonyl (C=O) groups excluding carboxylic acids is 1. The van der Waals surface area contributed by atoms with Crippen molar-refractivity contribution >= 4 is 11.7 Å². The van der Waals surface area contributed by atoms with E-state index >= 15 is 0 Å². The molecule has 0 radical (unpaired) electrons. The number of amides is 2. The molecular weight excluding hydrogens is 314 g/mol. The Balaban J connectivity index is 1.35. The number of anilines is 1. The molecule has 2 saturated heterocycles. The molecule has 5 heteroatoms. The third-order valence-corrected chi connectivity index (χ3v) is 5.34. The van der Waals surface area contributed by atoms with Gasteiger partial charge >= 0.3 is 6.03 Å². The number of hydrogen-bond donors (Lipinski definition) is 2. The van der Waals surface area contributed by atoms with Gasteiger partial charge in [0.05, 0.1) is 0 Å². The Morgan fingerprint density at radius 2 is 2.08 bits per heavy atom. The van der Waals surface area contributed by atoms with E-state index < -0.39 is 0 Å². The van der Waals surface area contributed by atoms with Gasteiger partial charge in [0.25, 0.3) is 0 Å². The highest BCUT2D eigenvalue weighted by atomic mass is 16.5. The molecule has 2 heterocycles. The van der Waals surface area contributed by atoms with Crippen LogP contribution in [0.1, 0.15) is 31.2 Å². The Kier molecular flexibility index (Phi) is 6.70. The van der Waals surface area contributed by atoms with E-state index in [2.05, 4.69) is 15.5 Å². The number of nitrogens with one attached hydrogen (secondary N) is 2. The van der Waals surface area contributed by atoms with Crippen LogP contribution >= 0.6 is 0 Å². The lowest BCUT2D eigenvalue weighted by Crippen LogP contribution is -2.42. The van der Waals surface area contributed by atoms with Gasteiger partial charge in [-0.3, -0.25) is 0 Å². The Labute approximate surface area is 151 Å². The lowest BCUT2D eigenvalue weighted by Gasteiger charge is -2.33. The molecule has 2 atom stereocenters. The Bertz CT molecular complexity index is 540. The Hall–Kier alpha value is -1.59. The number of urea groups is 1. The molecule has 2 aliphatic heterocycles. The first-order valence-corrected chi connectivity index (χ1v) is 9.60. The van der Waals surface area contributed by atoms with Crippen LogP contribution in [0.3, 0.4) is 0 Å². The Morgan fingerprint density at radius 1 is 1.24 bits per heavy atom. The number of likely N-dealkylation sites (tertiary alicyclic amines) is 1. The minimum Gasteiger partial charge on any atom is -0.381 e. The zero-order valence-electron chi connectivity index (χ0n) is 15.3. The van der Waals surface area contributed by atoms with Crippen LogP contribution in [-0.2, 0) is 4.74 Å². The zero-order valence-corrected chi connectivity index (χ0v) is 15.3. The third kappa shape index (κ3) is 6.01. The van der Waals surface area contributed by atoms with Gasteiger partial charge in [-0.25, -0.2) is 4.79 Å². The second-order valence-corrected chi connectivity index (χ2v) is 7.53. The summed E-state index contributed by atoms with van der Waals surface area (Å²) < 4.78 is 5.47. The smallest absolute Gasteiger partial charge is 0.319 e. The van der Waals surface area contributed by atoms with E-state index in [0.717, 1.165) is 37.9 Å². The summed E-state index contributed by atoms with van der Waals surface area (Å²) in [5, 5.41) is 5.94. The molecule has 0 aliphatic carbocycles. The molecular formula is C20H31N3O2. The monoisotopic (exact) mass is 345 g/mol. The van der Waals surface area contributed by atoms with Gasteiger partial charge < -0.3 is 20.3 Å². The van der Waals surface area contributed by atoms with Crippen LogP contribution in [0.15, 0.2) is 24.3 Å². The van der Waals surface area contributed by atoms with Crippen molar-refractivity contribution in [2.24, 2.45) is 11.8 Å². The number of aryl methyl sites for hydroxylation is 1. The molecule has 5 nitrogen and oxygen atoms in total. The van der Waals surface area contributed by atoms with Crippen LogP contribution < -0.4 is 10.6 Å². The molecule has 2 aliphatic rings. The standard InChI is InChI=1S/C20H31N3O2/c1-16-4-6-19(7-5-16)22-20(24)21-13-18-3-2-10-23(14-18)11-8-17-9-12-25-15-17/h4-7,17-18H,2-3,8-15H2,1H3,(H2,21,22,24)/t17-,18-/m0/s1. The van der Waals surface area contributed by atoms with E-state index in [4.69, 9.17) is 4.74 Å². The number of carbonyl (C=O) groups is 1. The highest BCUT2D eigenvalue weighted by Crippen LogP contribution is 2.20. The average molecular weight is 345 g/mol. The molecule has 2 amide bonds. The number of ether oxygens (including phenoxy) is 1. The van der Waals surface area contributed by atoms with Gasteiger partial charge in [-0.1, -0.05) is 17.7 Å². The molecule has 2 N–H and O–H groups in total. The second-order valence-electron chi connectivity index (χ2n) is 7.53. The SMILES string of the molecule is Cc1ccc(NC(=O)NC[C@@H]2CCCN(CC[C@H]3CCOC3)C2)cc1. The van der Waals surface area contributed by atoms with Gasteiger partial charge in [0, 0.05) is 32.0 Å². The first-order chi connectivity index (χ1) is 12.2. The van der Waals surface area contributed by atoms with E-state index in [9.17, 15) is 4.79 Å². The molecule has 0 unspecified atom stereocenters. The summed E-state index contributed by atoms with van der Waals surface area (Å²) in [7, 11) is 0. The van der Waals surface area contributed by atoms with Crippen LogP contribution in [0.5, 0.6) is 0 Å². The number of hydrogen-bond acceptors (Lipinski definition) is 3. The zero-order chi connectivity index (χ0) is 17.5. The first kappa shape index (κ1) is 18.2. The van der Waals surface area contributed by atoms with Gasteiger partial charge in [-0.15, -0.1) is 0 Å². The maximum absolute atomic E-state index is 12.1. The fourth-order valence-electron chi connectivity index (χ4n) is 3.75. The minimum absolute atomic E-state index is 0.107. The molecule has 3 rings (SSSR count). The minimum atomic E-state index is -0.107. The van der Waals surface area contributed by atoms with E-state index in [-0.39, 0.29) is 6.03 Å². The van der Waals surface area contributed by atoms with Crippen molar-refractivity contribution in [1.29, 1.82) is 0 Å². The molecule has 2 fully saturated rings. The Morgan fingerprint density at radius 3 is 2.84 bits per heavy atom. The number of benzene rings is 1. The molecule has 0 saturated carbocycles. The topological polar surface area (TPSA) is 53.6 Å². The maximum atomic E-state index is 12.1. The van der Waals surface area contributed by atoms with Crippen molar-refractivity contribution in [3.05, 3.63) is 29.8 Å². The molecule has 1 aromatic carbocycles. The quantitative estimate of drug-likeness (QED) is 0.832. The van der Waals surface area contributed by atoms with Crippen molar-refractivity contribution in [3.63, 3.8) is 0 Å². The number of rotatable bonds is 6. The van der Waals surface area contributed by atoms with Crippen molar-refractivity contribution in [3.8, 4) is 0 Å². The fourth-order valence-corrected chi connectivity index (χ4v) is 3.75. The van der Waals surface area contributed by atoms with Crippen molar-refractivity contribution in [2.45, 2.75) is 32.6 Å². The summed E-state index contributed by atoms with van der Waals surface area (Å²) >= 11 is 0. The van der Waals surface area contributed by atoms with Gasteiger partial charge in [-0.05, 0) is 69.7 Å². The van der Waals surface area contributed by atoms with E-state index in [1.54, 1.807) is 0 Å². The predicted molar refractivity (Wildman–Crippen MR) is 101 cm³/mol. The lowest BCUT2D eigenvalue weighted by molar-refractivity contribution is 0.153. The second kappa shape index (κ2) is 9.20. The van der Waals surface area contributed by atoms with Gasteiger partial charge in [0.15, 0.2) is 0 Å². The highest BCUT2D eigenvalue weighted by Gasteiger charge is 2.22. The number of nitrogens with zero attached hydrogens (tertiary/aromatic N) is 1. The van der Waals surface area contributed by atoms with Crippen LogP contribution in [0.2, 0.25) is 0 Å². The van der Waals surface area contributed by atoms with Crippen LogP contribution in [-0.4, -0.2) is 50.3 Å². The molecule has 0 bridgehead atoms. The summed E-state index contributed by atoms with van der Waals surface area (Å²) in [6.07, 6.45) is 4.90. The van der Waals surface area contributed by atoms with Gasteiger partial charge in [0.2, 0.25) is 0 Å². The largest absolute Gasteiger partial charge is 0.381 e. The first-order valence-electron chi connectivity index (χ1n) is 9.60. The fraction of sp³-hybridized carbons (Fsp3) is 0.650. The summed E-state index contributed by atoms with van der Waals surface area (Å²) in [6, 6.07) is 7.77. The predicted octanol–water partition coefficient (Wildman–Crippen LogP) is 3.26. The highest BCUT2D eigenvalue weighted by molar-refractivity contribution is 5.89.